The van der Waals surface area contributed by atoms with Crippen molar-refractivity contribution in [2.24, 2.45) is 7.05 Å². The summed E-state index contributed by atoms with van der Waals surface area (Å²) in [6.07, 6.45) is -2.32. The van der Waals surface area contributed by atoms with Gasteiger partial charge in [-0.05, 0) is 56.8 Å². The highest BCUT2D eigenvalue weighted by Crippen LogP contribution is 2.39. The number of carbonyl (C=O) groups excluding carboxylic acids is 1. The van der Waals surface area contributed by atoms with E-state index in [1.54, 1.807) is 11.6 Å². The van der Waals surface area contributed by atoms with Crippen LogP contribution in [0.25, 0.3) is 32.8 Å². The van der Waals surface area contributed by atoms with Crippen LogP contribution in [-0.2, 0) is 37.8 Å². The Morgan fingerprint density at radius 1 is 1.00 bits per heavy atom. The molecule has 0 unspecified atom stereocenters. The Morgan fingerprint density at radius 2 is 1.77 bits per heavy atom. The summed E-state index contributed by atoms with van der Waals surface area (Å²) in [7, 11) is 3.85. The van der Waals surface area contributed by atoms with E-state index >= 15 is 0 Å². The van der Waals surface area contributed by atoms with Gasteiger partial charge in [-0.1, -0.05) is 54.6 Å². The SMILES string of the molecule is CCOC(=O)c1c(CCCOc2cccc3ccccc23)c2cccc3c2n1CCCN(C)Cc1c-3c(CNCC(F)(F)F)nn1C. The Bertz CT molecular complexity index is 1890. The summed E-state index contributed by atoms with van der Waals surface area (Å²) < 4.78 is 55.0. The van der Waals surface area contributed by atoms with Gasteiger partial charge >= 0.3 is 12.1 Å². The van der Waals surface area contributed by atoms with Gasteiger partial charge in [0, 0.05) is 48.6 Å². The van der Waals surface area contributed by atoms with Gasteiger partial charge in [0.25, 0.3) is 0 Å². The summed E-state index contributed by atoms with van der Waals surface area (Å²) in [4.78, 5) is 15.9. The van der Waals surface area contributed by atoms with Crippen molar-refractivity contribution in [3.8, 4) is 16.9 Å². The van der Waals surface area contributed by atoms with Gasteiger partial charge in [-0.25, -0.2) is 4.79 Å². The zero-order chi connectivity index (χ0) is 33.1. The fraction of sp³-hybridized carbons (Fsp3) is 0.389. The Morgan fingerprint density at radius 3 is 2.57 bits per heavy atom. The van der Waals surface area contributed by atoms with Gasteiger partial charge in [0.2, 0.25) is 0 Å². The van der Waals surface area contributed by atoms with Crippen molar-refractivity contribution < 1.29 is 27.4 Å². The van der Waals surface area contributed by atoms with Crippen LogP contribution in [0.1, 0.15) is 47.2 Å². The molecule has 0 radical (unpaired) electrons. The van der Waals surface area contributed by atoms with Gasteiger partial charge in [-0.3, -0.25) is 4.68 Å². The summed E-state index contributed by atoms with van der Waals surface area (Å²) in [5.74, 6) is 0.431. The second-order valence-corrected chi connectivity index (χ2v) is 12.0. The summed E-state index contributed by atoms with van der Waals surface area (Å²) >= 11 is 0. The molecule has 1 aliphatic rings. The van der Waals surface area contributed by atoms with Crippen LogP contribution in [0.15, 0.2) is 60.7 Å². The Hall–Kier alpha value is -4.35. The molecule has 0 spiro atoms. The number of alkyl halides is 3. The molecule has 0 aliphatic carbocycles. The minimum Gasteiger partial charge on any atom is -0.493 e. The molecule has 0 amide bonds. The first kappa shape index (κ1) is 32.6. The van der Waals surface area contributed by atoms with E-state index in [9.17, 15) is 18.0 Å². The number of nitrogens with zero attached hydrogens (tertiary/aromatic N) is 4. The van der Waals surface area contributed by atoms with Crippen LogP contribution < -0.4 is 10.1 Å². The normalized spacial score (nSPS) is 14.0. The van der Waals surface area contributed by atoms with Crippen LogP contribution in [0.2, 0.25) is 0 Å². The number of hydrogen-bond donors (Lipinski definition) is 1. The van der Waals surface area contributed by atoms with E-state index in [1.807, 2.05) is 62.6 Å². The molecule has 11 heteroatoms. The van der Waals surface area contributed by atoms with E-state index in [0.29, 0.717) is 43.9 Å². The lowest BCUT2D eigenvalue weighted by Crippen LogP contribution is -2.28. The van der Waals surface area contributed by atoms with Crippen LogP contribution in [0.4, 0.5) is 13.2 Å². The lowest BCUT2D eigenvalue weighted by atomic mass is 9.97. The topological polar surface area (TPSA) is 73.6 Å². The average Bonchev–Trinajstić information content (AvgIpc) is 3.52. The van der Waals surface area contributed by atoms with Gasteiger partial charge in [-0.2, -0.15) is 18.3 Å². The minimum absolute atomic E-state index is 0.0490. The lowest BCUT2D eigenvalue weighted by Gasteiger charge is -2.22. The number of carbonyl (C=O) groups is 1. The first-order valence-corrected chi connectivity index (χ1v) is 16.1. The molecule has 0 saturated heterocycles. The number of esters is 1. The molecule has 0 bridgehead atoms. The van der Waals surface area contributed by atoms with Crippen molar-refractivity contribution in [2.75, 3.05) is 33.4 Å². The van der Waals surface area contributed by atoms with E-state index in [-0.39, 0.29) is 19.1 Å². The minimum atomic E-state index is -4.34. The third-order valence-corrected chi connectivity index (χ3v) is 8.70. The van der Waals surface area contributed by atoms with Gasteiger partial charge in [-0.15, -0.1) is 0 Å². The van der Waals surface area contributed by atoms with E-state index < -0.39 is 12.7 Å². The van der Waals surface area contributed by atoms with Crippen molar-refractivity contribution in [3.05, 3.63) is 83.3 Å². The molecular formula is C36H40F3N5O3. The molecule has 3 aromatic carbocycles. The first-order chi connectivity index (χ1) is 22.7. The van der Waals surface area contributed by atoms with E-state index in [4.69, 9.17) is 14.6 Å². The maximum atomic E-state index is 13.7. The number of aromatic nitrogens is 3. The Kier molecular flexibility index (Phi) is 9.56. The fourth-order valence-corrected chi connectivity index (χ4v) is 6.74. The second kappa shape index (κ2) is 13.8. The number of fused-ring (bicyclic) bond motifs is 3. The summed E-state index contributed by atoms with van der Waals surface area (Å²) in [5.41, 5.74) is 5.35. The molecule has 5 aromatic rings. The molecule has 0 fully saturated rings. The number of nitrogens with one attached hydrogen (secondary N) is 1. The molecule has 0 saturated carbocycles. The lowest BCUT2D eigenvalue weighted by molar-refractivity contribution is -0.125. The molecule has 8 nitrogen and oxygen atoms in total. The highest BCUT2D eigenvalue weighted by atomic mass is 19.4. The number of aryl methyl sites for hydroxylation is 3. The van der Waals surface area contributed by atoms with Crippen molar-refractivity contribution >= 4 is 27.6 Å². The Labute approximate surface area is 272 Å². The molecular weight excluding hydrogens is 607 g/mol. The van der Waals surface area contributed by atoms with Crippen LogP contribution in [0.3, 0.4) is 0 Å². The number of ether oxygens (including phenoxy) is 2. The fourth-order valence-electron chi connectivity index (χ4n) is 6.74. The van der Waals surface area contributed by atoms with Gasteiger partial charge in [0.15, 0.2) is 0 Å². The van der Waals surface area contributed by atoms with Crippen LogP contribution >= 0.6 is 0 Å². The van der Waals surface area contributed by atoms with Gasteiger partial charge in [0.05, 0.1) is 36.7 Å². The third-order valence-electron chi connectivity index (χ3n) is 8.70. The highest BCUT2D eigenvalue weighted by Gasteiger charge is 2.30. The summed E-state index contributed by atoms with van der Waals surface area (Å²) in [6, 6.07) is 20.1. The van der Waals surface area contributed by atoms with E-state index in [1.165, 1.54) is 0 Å². The third kappa shape index (κ3) is 6.87. The largest absolute Gasteiger partial charge is 0.493 e. The molecule has 47 heavy (non-hydrogen) atoms. The van der Waals surface area contributed by atoms with E-state index in [0.717, 1.165) is 62.8 Å². The van der Waals surface area contributed by atoms with Crippen molar-refractivity contribution in [1.29, 1.82) is 0 Å². The highest BCUT2D eigenvalue weighted by molar-refractivity contribution is 6.05. The molecule has 1 N–H and O–H groups in total. The van der Waals surface area contributed by atoms with Crippen LogP contribution in [0, 0.1) is 0 Å². The number of rotatable bonds is 10. The average molecular weight is 648 g/mol. The number of benzene rings is 3. The Balaban J connectivity index is 1.42. The summed E-state index contributed by atoms with van der Waals surface area (Å²) in [5, 5.41) is 10.3. The standard InChI is InChI=1S/C36H40F3N5O3/c1-4-46-35(45)34-27(16-9-20-47-31-17-7-12-24-11-5-6-13-25(24)31)26-14-8-15-28-32-29(21-40-23-36(37,38)39)41-43(3)30(32)22-42(2)18-10-19-44(34)33(26)28/h5-8,11-15,17,40H,4,9-10,16,18-23H2,1-3H3. The van der Waals surface area contributed by atoms with Crippen molar-refractivity contribution in [2.45, 2.75) is 52.0 Å². The smallest absolute Gasteiger partial charge is 0.401 e. The second-order valence-electron chi connectivity index (χ2n) is 12.0. The zero-order valence-corrected chi connectivity index (χ0v) is 27.0. The molecule has 248 valence electrons. The maximum Gasteiger partial charge on any atom is 0.401 e. The van der Waals surface area contributed by atoms with Gasteiger partial charge in [0.1, 0.15) is 11.4 Å². The quantitative estimate of drug-likeness (QED) is 0.132. The molecule has 2 aromatic heterocycles. The molecule has 6 rings (SSSR count). The van der Waals surface area contributed by atoms with Crippen molar-refractivity contribution in [3.63, 3.8) is 0 Å². The zero-order valence-electron chi connectivity index (χ0n) is 27.0. The van der Waals surface area contributed by atoms with Gasteiger partial charge < -0.3 is 24.3 Å². The van der Waals surface area contributed by atoms with Crippen LogP contribution in [-0.4, -0.2) is 64.7 Å². The monoisotopic (exact) mass is 647 g/mol. The predicted octanol–water partition coefficient (Wildman–Crippen LogP) is 6.87. The van der Waals surface area contributed by atoms with Crippen molar-refractivity contribution in [1.82, 2.24) is 24.6 Å². The number of para-hydroxylation sites is 1. The molecule has 3 heterocycles. The summed E-state index contributed by atoms with van der Waals surface area (Å²) in [6.45, 7) is 3.24. The number of hydrogen-bond acceptors (Lipinski definition) is 6. The molecule has 0 atom stereocenters. The number of halogens is 3. The predicted molar refractivity (Wildman–Crippen MR) is 177 cm³/mol. The molecule has 1 aliphatic heterocycles. The van der Waals surface area contributed by atoms with Crippen LogP contribution in [0.5, 0.6) is 5.75 Å². The first-order valence-electron chi connectivity index (χ1n) is 16.1. The van der Waals surface area contributed by atoms with E-state index in [2.05, 4.69) is 26.9 Å². The maximum absolute atomic E-state index is 13.7.